The topological polar surface area (TPSA) is 117 Å². The SMILES string of the molecule is CN(C)C[C@H](NC(=O)OCC1c2ccccc2-c2ccccc21)C(=O)N[C@H]1CCO[C@H]1C(=O)O. The third-order valence-corrected chi connectivity index (χ3v) is 6.16. The van der Waals surface area contributed by atoms with Crippen LogP contribution in [0.15, 0.2) is 48.5 Å². The lowest BCUT2D eigenvalue weighted by atomic mass is 9.98. The van der Waals surface area contributed by atoms with Gasteiger partial charge >= 0.3 is 12.1 Å². The van der Waals surface area contributed by atoms with E-state index < -0.39 is 36.2 Å². The molecule has 2 amide bonds. The van der Waals surface area contributed by atoms with Crippen molar-refractivity contribution in [1.82, 2.24) is 15.5 Å². The first-order valence-corrected chi connectivity index (χ1v) is 11.3. The predicted molar refractivity (Wildman–Crippen MR) is 124 cm³/mol. The number of nitrogens with zero attached hydrogens (tertiary/aromatic N) is 1. The van der Waals surface area contributed by atoms with Gasteiger partial charge in [-0.05, 0) is 42.8 Å². The fourth-order valence-corrected chi connectivity index (χ4v) is 4.61. The first-order chi connectivity index (χ1) is 16.3. The minimum atomic E-state index is -1.13. The fraction of sp³-hybridized carbons (Fsp3) is 0.400. The fourth-order valence-electron chi connectivity index (χ4n) is 4.61. The van der Waals surface area contributed by atoms with Gasteiger partial charge in [-0.1, -0.05) is 48.5 Å². The van der Waals surface area contributed by atoms with Gasteiger partial charge in [0.1, 0.15) is 12.6 Å². The number of hydrogen-bond acceptors (Lipinski definition) is 6. The Morgan fingerprint density at radius 3 is 2.29 bits per heavy atom. The summed E-state index contributed by atoms with van der Waals surface area (Å²) in [5, 5.41) is 14.6. The molecule has 2 aliphatic rings. The van der Waals surface area contributed by atoms with E-state index in [-0.39, 0.29) is 25.7 Å². The van der Waals surface area contributed by atoms with E-state index in [1.165, 1.54) is 0 Å². The lowest BCUT2D eigenvalue weighted by Gasteiger charge is -2.24. The second-order valence-corrected chi connectivity index (χ2v) is 8.82. The average Bonchev–Trinajstić information content (AvgIpc) is 3.39. The zero-order valence-corrected chi connectivity index (χ0v) is 19.2. The van der Waals surface area contributed by atoms with Crippen molar-refractivity contribution in [3.63, 3.8) is 0 Å². The van der Waals surface area contributed by atoms with E-state index >= 15 is 0 Å². The van der Waals surface area contributed by atoms with E-state index in [9.17, 15) is 19.5 Å². The number of benzene rings is 2. The summed E-state index contributed by atoms with van der Waals surface area (Å²) >= 11 is 0. The highest BCUT2D eigenvalue weighted by molar-refractivity contribution is 5.87. The molecule has 3 N–H and O–H groups in total. The monoisotopic (exact) mass is 467 g/mol. The zero-order valence-electron chi connectivity index (χ0n) is 19.2. The van der Waals surface area contributed by atoms with Crippen LogP contribution in [0.1, 0.15) is 23.5 Å². The van der Waals surface area contributed by atoms with Crippen molar-refractivity contribution in [2.75, 3.05) is 33.9 Å². The van der Waals surface area contributed by atoms with Crippen LogP contribution in [0.3, 0.4) is 0 Å². The quantitative estimate of drug-likeness (QED) is 0.542. The number of fused-ring (bicyclic) bond motifs is 3. The second kappa shape index (κ2) is 10.2. The summed E-state index contributed by atoms with van der Waals surface area (Å²) in [7, 11) is 3.55. The molecule has 1 fully saturated rings. The van der Waals surface area contributed by atoms with E-state index in [0.29, 0.717) is 6.42 Å². The molecule has 0 unspecified atom stereocenters. The molecule has 2 aromatic rings. The summed E-state index contributed by atoms with van der Waals surface area (Å²) in [5.41, 5.74) is 4.45. The van der Waals surface area contributed by atoms with Crippen molar-refractivity contribution in [2.24, 2.45) is 0 Å². The summed E-state index contributed by atoms with van der Waals surface area (Å²) in [4.78, 5) is 38.6. The van der Waals surface area contributed by atoms with Crippen molar-refractivity contribution in [2.45, 2.75) is 30.5 Å². The Hall–Kier alpha value is -3.43. The highest BCUT2D eigenvalue weighted by Gasteiger charge is 2.37. The van der Waals surface area contributed by atoms with Crippen molar-refractivity contribution in [3.05, 3.63) is 59.7 Å². The summed E-state index contributed by atoms with van der Waals surface area (Å²) in [6.45, 7) is 0.606. The van der Waals surface area contributed by atoms with Gasteiger partial charge in [0.2, 0.25) is 5.91 Å². The summed E-state index contributed by atoms with van der Waals surface area (Å²) in [6.07, 6.45) is -1.41. The van der Waals surface area contributed by atoms with Gasteiger partial charge in [-0.25, -0.2) is 9.59 Å². The number of alkyl carbamates (subject to hydrolysis) is 1. The number of hydrogen-bond donors (Lipinski definition) is 3. The third-order valence-electron chi connectivity index (χ3n) is 6.16. The minimum Gasteiger partial charge on any atom is -0.479 e. The highest BCUT2D eigenvalue weighted by Crippen LogP contribution is 2.44. The molecule has 1 aliphatic carbocycles. The van der Waals surface area contributed by atoms with Crippen LogP contribution >= 0.6 is 0 Å². The number of ether oxygens (including phenoxy) is 2. The van der Waals surface area contributed by atoms with E-state index in [4.69, 9.17) is 9.47 Å². The number of likely N-dealkylation sites (N-methyl/N-ethyl adjacent to an activating group) is 1. The Kier molecular flexibility index (Phi) is 7.14. The number of rotatable bonds is 8. The van der Waals surface area contributed by atoms with Gasteiger partial charge in [-0.3, -0.25) is 4.79 Å². The van der Waals surface area contributed by atoms with Crippen LogP contribution < -0.4 is 10.6 Å². The number of carboxylic acids is 1. The average molecular weight is 468 g/mol. The molecule has 1 heterocycles. The third kappa shape index (κ3) is 5.05. The lowest BCUT2D eigenvalue weighted by Crippen LogP contribution is -2.55. The largest absolute Gasteiger partial charge is 0.479 e. The van der Waals surface area contributed by atoms with Gasteiger partial charge in [0.15, 0.2) is 6.10 Å². The molecule has 2 aromatic carbocycles. The number of aliphatic carboxylic acids is 1. The van der Waals surface area contributed by atoms with Gasteiger partial charge in [-0.2, -0.15) is 0 Å². The highest BCUT2D eigenvalue weighted by atomic mass is 16.5. The molecule has 0 bridgehead atoms. The van der Waals surface area contributed by atoms with Gasteiger partial charge in [0.05, 0.1) is 6.04 Å². The summed E-state index contributed by atoms with van der Waals surface area (Å²) in [5.74, 6) is -1.70. The molecule has 0 radical (unpaired) electrons. The van der Waals surface area contributed by atoms with Crippen LogP contribution in [0.5, 0.6) is 0 Å². The maximum atomic E-state index is 12.9. The Balaban J connectivity index is 1.40. The van der Waals surface area contributed by atoms with Crippen LogP contribution in [0.2, 0.25) is 0 Å². The van der Waals surface area contributed by atoms with Crippen LogP contribution in [0, 0.1) is 0 Å². The van der Waals surface area contributed by atoms with E-state index in [1.807, 2.05) is 36.4 Å². The smallest absolute Gasteiger partial charge is 0.407 e. The molecule has 9 heteroatoms. The van der Waals surface area contributed by atoms with Crippen LogP contribution in [0.25, 0.3) is 11.1 Å². The Morgan fingerprint density at radius 2 is 1.71 bits per heavy atom. The molecule has 0 saturated carbocycles. The van der Waals surface area contributed by atoms with Gasteiger partial charge < -0.3 is 30.1 Å². The maximum Gasteiger partial charge on any atom is 0.407 e. The number of carbonyl (C=O) groups excluding carboxylic acids is 2. The molecular weight excluding hydrogens is 438 g/mol. The van der Waals surface area contributed by atoms with Crippen molar-refractivity contribution in [3.8, 4) is 11.1 Å². The number of carbonyl (C=O) groups is 3. The van der Waals surface area contributed by atoms with E-state index in [0.717, 1.165) is 22.3 Å². The Morgan fingerprint density at radius 1 is 1.09 bits per heavy atom. The lowest BCUT2D eigenvalue weighted by molar-refractivity contribution is -0.148. The van der Waals surface area contributed by atoms with E-state index in [1.54, 1.807) is 19.0 Å². The normalized spacial score (nSPS) is 19.9. The van der Waals surface area contributed by atoms with Crippen molar-refractivity contribution < 1.29 is 29.0 Å². The minimum absolute atomic E-state index is 0.0914. The predicted octanol–water partition coefficient (Wildman–Crippen LogP) is 1.81. The van der Waals surface area contributed by atoms with E-state index in [2.05, 4.69) is 22.8 Å². The Bertz CT molecular complexity index is 1030. The Labute approximate surface area is 198 Å². The van der Waals surface area contributed by atoms with Gasteiger partial charge in [-0.15, -0.1) is 0 Å². The number of amides is 2. The molecular formula is C25H29N3O6. The standard InChI is InChI=1S/C25H29N3O6/c1-28(2)13-21(23(29)26-20-11-12-33-22(20)24(30)31)27-25(32)34-14-19-17-9-5-3-7-15(17)16-8-4-6-10-18(16)19/h3-10,19-22H,11-14H2,1-2H3,(H,26,29)(H,27,32)(H,30,31)/t20-,21-,22+/m0/s1. The molecule has 1 aliphatic heterocycles. The first kappa shape index (κ1) is 23.7. The number of carboxylic acid groups (broad SMARTS) is 1. The van der Waals surface area contributed by atoms with Crippen LogP contribution in [0.4, 0.5) is 4.79 Å². The van der Waals surface area contributed by atoms with Crippen LogP contribution in [-0.4, -0.2) is 80.0 Å². The zero-order chi connectivity index (χ0) is 24.2. The number of nitrogens with one attached hydrogen (secondary N) is 2. The maximum absolute atomic E-state index is 12.9. The molecule has 0 spiro atoms. The van der Waals surface area contributed by atoms with Crippen molar-refractivity contribution in [1.29, 1.82) is 0 Å². The molecule has 34 heavy (non-hydrogen) atoms. The molecule has 1 saturated heterocycles. The first-order valence-electron chi connectivity index (χ1n) is 11.3. The molecule has 9 nitrogen and oxygen atoms in total. The summed E-state index contributed by atoms with van der Waals surface area (Å²) in [6, 6.07) is 14.5. The summed E-state index contributed by atoms with van der Waals surface area (Å²) < 4.78 is 10.7. The van der Waals surface area contributed by atoms with Gasteiger partial charge in [0.25, 0.3) is 0 Å². The molecule has 0 aromatic heterocycles. The van der Waals surface area contributed by atoms with Crippen molar-refractivity contribution >= 4 is 18.0 Å². The van der Waals surface area contributed by atoms with Crippen LogP contribution in [-0.2, 0) is 19.1 Å². The second-order valence-electron chi connectivity index (χ2n) is 8.82. The van der Waals surface area contributed by atoms with Gasteiger partial charge in [0, 0.05) is 19.1 Å². The molecule has 4 rings (SSSR count). The molecule has 3 atom stereocenters. The molecule has 180 valence electrons.